The van der Waals surface area contributed by atoms with Crippen LogP contribution in [0.5, 0.6) is 0 Å². The summed E-state index contributed by atoms with van der Waals surface area (Å²) in [5.74, 6) is 2.72. The Morgan fingerprint density at radius 1 is 1.33 bits per heavy atom. The first-order valence-corrected chi connectivity index (χ1v) is 11.9. The average molecular weight is 459 g/mol. The van der Waals surface area contributed by atoms with Crippen molar-refractivity contribution in [3.8, 4) is 12.3 Å². The number of hydrogen-bond donors (Lipinski definition) is 5. The van der Waals surface area contributed by atoms with Crippen molar-refractivity contribution in [3.63, 3.8) is 0 Å². The van der Waals surface area contributed by atoms with E-state index in [-0.39, 0.29) is 24.2 Å². The predicted octanol–water partition coefficient (Wildman–Crippen LogP) is 0.388. The fourth-order valence-corrected chi connectivity index (χ4v) is 5.38. The number of hydrogen-bond acceptors (Lipinski definition) is 8. The smallest absolute Gasteiger partial charge is 0.371 e. The third kappa shape index (κ3) is 3.77. The fourth-order valence-electron chi connectivity index (χ4n) is 4.34. The highest BCUT2D eigenvalue weighted by Gasteiger charge is 2.70. The minimum atomic E-state index is -4.85. The van der Waals surface area contributed by atoms with Gasteiger partial charge in [-0.2, -0.15) is 0 Å². The number of nitrogens with zero attached hydrogens (tertiary/aromatic N) is 4. The van der Waals surface area contributed by atoms with Crippen molar-refractivity contribution in [2.75, 3.05) is 19.0 Å². The van der Waals surface area contributed by atoms with Crippen LogP contribution in [0.3, 0.4) is 0 Å². The largest absolute Gasteiger partial charge is 0.469 e. The second-order valence-corrected chi connectivity index (χ2v) is 9.74. The molecule has 4 atom stereocenters. The van der Waals surface area contributed by atoms with Crippen LogP contribution in [0.1, 0.15) is 24.7 Å². The van der Waals surface area contributed by atoms with Crippen LogP contribution in [-0.4, -0.2) is 58.9 Å². The maximum absolute atomic E-state index is 11.5. The Morgan fingerprint density at radius 2 is 2.07 bits per heavy atom. The van der Waals surface area contributed by atoms with E-state index in [0.29, 0.717) is 23.4 Å². The molecule has 0 spiro atoms. The summed E-state index contributed by atoms with van der Waals surface area (Å²) in [6.45, 7) is -0.401. The molecule has 0 bridgehead atoms. The maximum Gasteiger partial charge on any atom is 0.469 e. The van der Waals surface area contributed by atoms with Crippen LogP contribution in [-0.2, 0) is 18.2 Å². The summed E-state index contributed by atoms with van der Waals surface area (Å²) >= 11 is 0. The van der Waals surface area contributed by atoms with Gasteiger partial charge in [-0.25, -0.2) is 24.1 Å². The molecule has 2 aromatic heterocycles. The van der Waals surface area contributed by atoms with E-state index in [2.05, 4.69) is 30.7 Å². The number of fused-ring (bicyclic) bond motifs is 2. The lowest BCUT2D eigenvalue weighted by Gasteiger charge is -2.24. The molecule has 0 radical (unpaired) electrons. The predicted molar refractivity (Wildman–Crippen MR) is 102 cm³/mol. The number of imidazole rings is 1. The number of aromatic nitrogens is 4. The van der Waals surface area contributed by atoms with Crippen molar-refractivity contribution in [2.45, 2.75) is 25.0 Å². The Hall–Kier alpha value is -1.87. The first kappa shape index (κ1) is 21.4. The van der Waals surface area contributed by atoms with Gasteiger partial charge in [-0.3, -0.25) is 9.05 Å². The average Bonchev–Trinajstić information content (AvgIpc) is 3.12. The molecule has 2 aromatic rings. The van der Waals surface area contributed by atoms with Gasteiger partial charge >= 0.3 is 15.6 Å². The molecular weight excluding hydrogens is 440 g/mol. The molecule has 162 valence electrons. The lowest BCUT2D eigenvalue weighted by atomic mass is 10.0. The number of nitrogens with one attached hydrogen (secondary N) is 1. The first-order chi connectivity index (χ1) is 14.0. The summed E-state index contributed by atoms with van der Waals surface area (Å²) in [7, 11) is -7.96. The summed E-state index contributed by atoms with van der Waals surface area (Å²) in [5, 5.41) is 2.90. The van der Waals surface area contributed by atoms with Gasteiger partial charge in [0.25, 0.3) is 0 Å². The molecule has 5 N–H and O–H groups in total. The summed E-state index contributed by atoms with van der Waals surface area (Å²) < 4.78 is 34.0. The quantitative estimate of drug-likeness (QED) is 0.283. The maximum atomic E-state index is 11.5. The molecule has 2 fully saturated rings. The number of rotatable bonds is 7. The summed E-state index contributed by atoms with van der Waals surface area (Å²) in [5.41, 5.74) is -0.0495. The molecule has 0 unspecified atom stereocenters. The normalized spacial score (nSPS) is 28.3. The molecule has 2 saturated carbocycles. The summed E-state index contributed by atoms with van der Waals surface area (Å²) in [6, 6.07) is -0.350. The Morgan fingerprint density at radius 3 is 2.67 bits per heavy atom. The molecule has 0 aliphatic heterocycles. The highest BCUT2D eigenvalue weighted by Crippen LogP contribution is 2.71. The fraction of sp³-hybridized carbons (Fsp3) is 0.533. The van der Waals surface area contributed by atoms with Gasteiger partial charge in [0.1, 0.15) is 0 Å². The van der Waals surface area contributed by atoms with Crippen molar-refractivity contribution in [1.29, 1.82) is 0 Å². The molecule has 15 heteroatoms. The molecule has 4 rings (SSSR count). The van der Waals surface area contributed by atoms with Crippen LogP contribution < -0.4 is 5.32 Å². The van der Waals surface area contributed by atoms with Crippen molar-refractivity contribution < 1.29 is 37.8 Å². The topological polar surface area (TPSA) is 189 Å². The van der Waals surface area contributed by atoms with Gasteiger partial charge in [0.05, 0.1) is 19.0 Å². The third-order valence-electron chi connectivity index (χ3n) is 5.65. The monoisotopic (exact) mass is 459 g/mol. The molecule has 0 saturated heterocycles. The van der Waals surface area contributed by atoms with Gasteiger partial charge in [-0.1, -0.05) is 0 Å². The molecule has 0 amide bonds. The van der Waals surface area contributed by atoms with E-state index in [4.69, 9.17) is 20.7 Å². The lowest BCUT2D eigenvalue weighted by Crippen LogP contribution is -2.26. The first-order valence-electron chi connectivity index (χ1n) is 8.80. The zero-order valence-electron chi connectivity index (χ0n) is 15.6. The standard InChI is InChI=1S/C15H19N5O8P2/c1-3-11-18-13(16-2)12-14(19-11)20(7-17-12)9-4-10(28-30(24,25)26)15(5-8(9)15)6-27-29(21,22)23/h1,7-10H,4-6H2,2H3,(H,16,18,19)(H2,21,22,23)(H2,24,25,26)/t8-,9+,10+,15+/m1/s1. The highest BCUT2D eigenvalue weighted by molar-refractivity contribution is 7.46. The molecule has 2 aliphatic rings. The Kier molecular flexibility index (Phi) is 5.05. The number of anilines is 1. The van der Waals surface area contributed by atoms with Gasteiger partial charge in [0.15, 0.2) is 17.0 Å². The highest BCUT2D eigenvalue weighted by atomic mass is 31.2. The number of phosphoric ester groups is 2. The van der Waals surface area contributed by atoms with Crippen molar-refractivity contribution >= 4 is 32.6 Å². The second kappa shape index (κ2) is 7.09. The number of phosphoric acid groups is 2. The van der Waals surface area contributed by atoms with Crippen LogP contribution in [0, 0.1) is 23.7 Å². The molecule has 30 heavy (non-hydrogen) atoms. The third-order valence-corrected chi connectivity index (χ3v) is 6.64. The summed E-state index contributed by atoms with van der Waals surface area (Å²) in [6.07, 6.45) is 6.54. The second-order valence-electron chi connectivity index (χ2n) is 7.31. The molecule has 2 aliphatic carbocycles. The van der Waals surface area contributed by atoms with Gasteiger partial charge in [0, 0.05) is 18.5 Å². The van der Waals surface area contributed by atoms with Crippen LogP contribution >= 0.6 is 15.6 Å². The van der Waals surface area contributed by atoms with Crippen molar-refractivity contribution in [1.82, 2.24) is 19.5 Å². The Bertz CT molecular complexity index is 1140. The van der Waals surface area contributed by atoms with Crippen LogP contribution in [0.25, 0.3) is 11.2 Å². The molecule has 0 aromatic carbocycles. The van der Waals surface area contributed by atoms with Gasteiger partial charge in [0.2, 0.25) is 5.82 Å². The minimum Gasteiger partial charge on any atom is -0.371 e. The van der Waals surface area contributed by atoms with Crippen LogP contribution in [0.2, 0.25) is 0 Å². The van der Waals surface area contributed by atoms with E-state index >= 15 is 0 Å². The SMILES string of the molecule is C#Cc1nc(NC)c2ncn([C@H]3C[C@H](OP(=O)(O)O)[C@]4(COP(=O)(O)O)C[C@H]34)c2n1. The molecular formula is C15H19N5O8P2. The Labute approximate surface area is 170 Å². The minimum absolute atomic E-state index is 0.140. The van der Waals surface area contributed by atoms with Crippen molar-refractivity contribution in [2.24, 2.45) is 11.3 Å². The van der Waals surface area contributed by atoms with E-state index in [9.17, 15) is 18.9 Å². The van der Waals surface area contributed by atoms with Gasteiger partial charge in [-0.05, 0) is 24.7 Å². The van der Waals surface area contributed by atoms with E-state index in [1.54, 1.807) is 11.6 Å². The number of terminal acetylenes is 1. The van der Waals surface area contributed by atoms with E-state index in [1.165, 1.54) is 6.33 Å². The van der Waals surface area contributed by atoms with E-state index in [0.717, 1.165) is 0 Å². The zero-order chi connectivity index (χ0) is 21.9. The van der Waals surface area contributed by atoms with Gasteiger partial charge < -0.3 is 29.5 Å². The van der Waals surface area contributed by atoms with E-state index < -0.39 is 33.8 Å². The van der Waals surface area contributed by atoms with E-state index in [1.807, 2.05) is 0 Å². The summed E-state index contributed by atoms with van der Waals surface area (Å²) in [4.78, 5) is 49.6. The lowest BCUT2D eigenvalue weighted by molar-refractivity contribution is 0.0499. The Balaban J connectivity index is 1.72. The van der Waals surface area contributed by atoms with Crippen LogP contribution in [0.15, 0.2) is 6.33 Å². The van der Waals surface area contributed by atoms with Crippen molar-refractivity contribution in [3.05, 3.63) is 12.2 Å². The van der Waals surface area contributed by atoms with Gasteiger partial charge in [-0.15, -0.1) is 6.42 Å². The molecule has 2 heterocycles. The zero-order valence-corrected chi connectivity index (χ0v) is 17.4. The molecule has 13 nitrogen and oxygen atoms in total. The van der Waals surface area contributed by atoms with Crippen LogP contribution in [0.4, 0.5) is 5.82 Å².